The average Bonchev–Trinajstić information content (AvgIpc) is 2.66. The lowest BCUT2D eigenvalue weighted by molar-refractivity contribution is 0.133. The number of rotatable bonds is 8. The first-order valence-corrected chi connectivity index (χ1v) is 11.1. The van der Waals surface area contributed by atoms with E-state index in [1.165, 1.54) is 6.26 Å². The number of hydrogen-bond donors (Lipinski definition) is 2. The molecule has 0 saturated carbocycles. The third kappa shape index (κ3) is 7.94. The first-order chi connectivity index (χ1) is 13.3. The van der Waals surface area contributed by atoms with Gasteiger partial charge in [0.05, 0.1) is 11.5 Å². The fourth-order valence-electron chi connectivity index (χ4n) is 2.91. The Kier molecular flexibility index (Phi) is 10.6. The Hall–Kier alpha value is -1.65. The van der Waals surface area contributed by atoms with E-state index in [0.29, 0.717) is 37.2 Å². The van der Waals surface area contributed by atoms with Gasteiger partial charge in [-0.25, -0.2) is 8.42 Å². The summed E-state index contributed by atoms with van der Waals surface area (Å²) in [6.45, 7) is 6.24. The van der Waals surface area contributed by atoms with Crippen molar-refractivity contribution in [1.29, 1.82) is 0 Å². The van der Waals surface area contributed by atoms with Crippen molar-refractivity contribution in [3.63, 3.8) is 0 Å². The van der Waals surface area contributed by atoms with E-state index in [-0.39, 0.29) is 24.0 Å². The Bertz CT molecular complexity index is 931. The minimum atomic E-state index is -3.20. The summed E-state index contributed by atoms with van der Waals surface area (Å²) in [4.78, 5) is 4.62. The summed E-state index contributed by atoms with van der Waals surface area (Å²) in [5.74, 6) is 0.677. The number of sulfone groups is 1. The van der Waals surface area contributed by atoms with Gasteiger partial charge < -0.3 is 15.4 Å². The van der Waals surface area contributed by atoms with E-state index in [0.717, 1.165) is 22.3 Å². The lowest BCUT2D eigenvalue weighted by atomic mass is 10.1. The smallest absolute Gasteiger partial charge is 0.191 e. The maximum Gasteiger partial charge on any atom is 0.191 e. The zero-order chi connectivity index (χ0) is 20.6. The largest absolute Gasteiger partial charge is 0.377 e. The molecule has 2 N–H and O–H groups in total. The van der Waals surface area contributed by atoms with Gasteiger partial charge in [0.15, 0.2) is 15.8 Å². The Balaban J connectivity index is 0.00000420. The molecule has 2 aromatic rings. The number of aryl methyl sites for hydroxylation is 1. The molecular weight excluding hydrogens is 501 g/mol. The molecule has 0 radical (unpaired) electrons. The predicted octanol–water partition coefficient (Wildman–Crippen LogP) is 3.42. The molecule has 0 amide bonds. The number of nitrogens with zero attached hydrogens (tertiary/aromatic N) is 1. The van der Waals surface area contributed by atoms with Gasteiger partial charge in [0.25, 0.3) is 0 Å². The molecule has 0 atom stereocenters. The van der Waals surface area contributed by atoms with Crippen LogP contribution in [0.1, 0.15) is 29.2 Å². The van der Waals surface area contributed by atoms with Crippen LogP contribution in [0.25, 0.3) is 0 Å². The fraction of sp³-hybridized carbons (Fsp3) is 0.381. The number of guanidine groups is 1. The van der Waals surface area contributed by atoms with Crippen molar-refractivity contribution >= 4 is 39.8 Å². The maximum absolute atomic E-state index is 11.7. The first-order valence-electron chi connectivity index (χ1n) is 9.23. The van der Waals surface area contributed by atoms with E-state index in [9.17, 15) is 8.42 Å². The van der Waals surface area contributed by atoms with Crippen LogP contribution in [0.15, 0.2) is 52.4 Å². The molecule has 8 heteroatoms. The van der Waals surface area contributed by atoms with Crippen LogP contribution in [0.3, 0.4) is 0 Å². The monoisotopic (exact) mass is 531 g/mol. The van der Waals surface area contributed by atoms with Crippen molar-refractivity contribution in [2.24, 2.45) is 4.99 Å². The van der Waals surface area contributed by atoms with Gasteiger partial charge in [-0.15, -0.1) is 24.0 Å². The van der Waals surface area contributed by atoms with Gasteiger partial charge in [0, 0.05) is 33.0 Å². The molecule has 0 aliphatic heterocycles. The maximum atomic E-state index is 11.7. The Morgan fingerprint density at radius 2 is 1.72 bits per heavy atom. The number of ether oxygens (including phenoxy) is 1. The van der Waals surface area contributed by atoms with Crippen LogP contribution < -0.4 is 10.6 Å². The molecule has 6 nitrogen and oxygen atoms in total. The third-order valence-corrected chi connectivity index (χ3v) is 5.61. The predicted molar refractivity (Wildman–Crippen MR) is 129 cm³/mol. The lowest BCUT2D eigenvalue weighted by Crippen LogP contribution is -2.36. The Morgan fingerprint density at radius 1 is 1.07 bits per heavy atom. The van der Waals surface area contributed by atoms with Gasteiger partial charge in [0.1, 0.15) is 0 Å². The van der Waals surface area contributed by atoms with Crippen LogP contribution in [-0.4, -0.2) is 34.3 Å². The summed E-state index contributed by atoms with van der Waals surface area (Å²) in [6, 6.07) is 13.5. The van der Waals surface area contributed by atoms with Crippen molar-refractivity contribution < 1.29 is 13.2 Å². The highest BCUT2D eigenvalue weighted by atomic mass is 127. The molecule has 0 aliphatic carbocycles. The van der Waals surface area contributed by atoms with Crippen molar-refractivity contribution in [2.45, 2.75) is 38.4 Å². The van der Waals surface area contributed by atoms with Crippen LogP contribution in [0.2, 0.25) is 0 Å². The van der Waals surface area contributed by atoms with E-state index in [2.05, 4.69) is 27.8 Å². The van der Waals surface area contributed by atoms with Crippen LogP contribution in [0.4, 0.5) is 0 Å². The molecule has 0 unspecified atom stereocenters. The summed E-state index contributed by atoms with van der Waals surface area (Å²) in [5.41, 5.74) is 4.05. The van der Waals surface area contributed by atoms with E-state index in [1.54, 1.807) is 13.1 Å². The van der Waals surface area contributed by atoms with Crippen LogP contribution in [0, 0.1) is 6.92 Å². The molecular formula is C21H30IN3O3S. The summed E-state index contributed by atoms with van der Waals surface area (Å²) >= 11 is 0. The average molecular weight is 531 g/mol. The summed E-state index contributed by atoms with van der Waals surface area (Å²) < 4.78 is 29.0. The molecule has 0 bridgehead atoms. The number of benzene rings is 2. The second-order valence-corrected chi connectivity index (χ2v) is 8.54. The molecule has 29 heavy (non-hydrogen) atoms. The molecule has 0 spiro atoms. The Labute approximate surface area is 191 Å². The van der Waals surface area contributed by atoms with Gasteiger partial charge in [0.2, 0.25) is 0 Å². The first kappa shape index (κ1) is 25.4. The van der Waals surface area contributed by atoms with Crippen molar-refractivity contribution in [1.82, 2.24) is 10.6 Å². The number of nitrogens with one attached hydrogen (secondary N) is 2. The van der Waals surface area contributed by atoms with Gasteiger partial charge in [-0.1, -0.05) is 36.4 Å². The van der Waals surface area contributed by atoms with E-state index in [4.69, 9.17) is 4.74 Å². The topological polar surface area (TPSA) is 79.8 Å². The normalized spacial score (nSPS) is 11.7. The van der Waals surface area contributed by atoms with Crippen LogP contribution in [-0.2, 0) is 34.3 Å². The zero-order valence-corrected chi connectivity index (χ0v) is 20.5. The Morgan fingerprint density at radius 3 is 2.31 bits per heavy atom. The van der Waals surface area contributed by atoms with Crippen molar-refractivity contribution in [3.8, 4) is 0 Å². The number of aliphatic imine (C=N–C) groups is 1. The molecule has 160 valence electrons. The molecule has 2 aromatic carbocycles. The quantitative estimate of drug-likeness (QED) is 0.310. The standard InChI is InChI=1S/C21H29N3O3S.HI/c1-5-27-15-19-9-7-6-8-18(19)14-24-21(22-3)23-13-17-10-11-20(16(2)12-17)28(4,25)26;/h6-12H,5,13-15H2,1-4H3,(H2,22,23,24);1H. The fourth-order valence-corrected chi connectivity index (χ4v) is 3.86. The molecule has 0 saturated heterocycles. The van der Waals surface area contributed by atoms with Gasteiger partial charge >= 0.3 is 0 Å². The lowest BCUT2D eigenvalue weighted by Gasteiger charge is -2.15. The molecule has 0 fully saturated rings. The van der Waals surface area contributed by atoms with Gasteiger partial charge in [-0.2, -0.15) is 0 Å². The molecule has 2 rings (SSSR count). The summed E-state index contributed by atoms with van der Waals surface area (Å²) in [7, 11) is -1.48. The summed E-state index contributed by atoms with van der Waals surface area (Å²) in [5, 5.41) is 6.57. The van der Waals surface area contributed by atoms with E-state index < -0.39 is 9.84 Å². The highest BCUT2D eigenvalue weighted by molar-refractivity contribution is 14.0. The van der Waals surface area contributed by atoms with Gasteiger partial charge in [-0.3, -0.25) is 4.99 Å². The number of hydrogen-bond acceptors (Lipinski definition) is 4. The minimum Gasteiger partial charge on any atom is -0.377 e. The van der Waals surface area contributed by atoms with E-state index >= 15 is 0 Å². The second kappa shape index (κ2) is 12.1. The SMILES string of the molecule is CCOCc1ccccc1CNC(=NC)NCc1ccc(S(C)(=O)=O)c(C)c1.I. The highest BCUT2D eigenvalue weighted by Gasteiger charge is 2.11. The van der Waals surface area contributed by atoms with Crippen molar-refractivity contribution in [2.75, 3.05) is 19.9 Å². The van der Waals surface area contributed by atoms with E-state index in [1.807, 2.05) is 38.1 Å². The number of halogens is 1. The van der Waals surface area contributed by atoms with Crippen molar-refractivity contribution in [3.05, 3.63) is 64.7 Å². The van der Waals surface area contributed by atoms with Crippen LogP contribution in [0.5, 0.6) is 0 Å². The minimum absolute atomic E-state index is 0. The summed E-state index contributed by atoms with van der Waals surface area (Å²) in [6.07, 6.45) is 1.22. The third-order valence-electron chi connectivity index (χ3n) is 4.35. The highest BCUT2D eigenvalue weighted by Crippen LogP contribution is 2.16. The molecule has 0 aliphatic rings. The van der Waals surface area contributed by atoms with Crippen LogP contribution >= 0.6 is 24.0 Å². The molecule has 0 aromatic heterocycles. The van der Waals surface area contributed by atoms with Gasteiger partial charge in [-0.05, 0) is 42.2 Å². The molecule has 0 heterocycles. The second-order valence-electron chi connectivity index (χ2n) is 6.56. The zero-order valence-electron chi connectivity index (χ0n) is 17.4.